The van der Waals surface area contributed by atoms with E-state index in [0.29, 0.717) is 23.6 Å². The summed E-state index contributed by atoms with van der Waals surface area (Å²) >= 11 is 0. The number of fused-ring (bicyclic) bond motifs is 1. The number of imidazole rings is 1. The van der Waals surface area contributed by atoms with Crippen molar-refractivity contribution in [1.82, 2.24) is 20.2 Å². The van der Waals surface area contributed by atoms with E-state index in [2.05, 4.69) is 31.2 Å². The number of aromatic nitrogens is 2. The van der Waals surface area contributed by atoms with Crippen LogP contribution in [0.2, 0.25) is 0 Å². The minimum absolute atomic E-state index is 0. The fourth-order valence-corrected chi connectivity index (χ4v) is 4.35. The highest BCUT2D eigenvalue weighted by atomic mass is 127. The Morgan fingerprint density at radius 1 is 1.16 bits per heavy atom. The Hall–Kier alpha value is -2.21. The van der Waals surface area contributed by atoms with Gasteiger partial charge in [-0.1, -0.05) is 18.2 Å². The largest absolute Gasteiger partial charge is 0.356 e. The lowest BCUT2D eigenvalue weighted by Gasteiger charge is -2.15. The average molecular weight is 573 g/mol. The molecule has 2 aromatic carbocycles. The van der Waals surface area contributed by atoms with Crippen molar-refractivity contribution in [2.45, 2.75) is 32.2 Å². The van der Waals surface area contributed by atoms with Crippen LogP contribution in [0.4, 0.5) is 4.39 Å². The third-order valence-corrected chi connectivity index (χ3v) is 5.79. The van der Waals surface area contributed by atoms with Crippen LogP contribution in [0, 0.1) is 12.7 Å². The molecule has 0 radical (unpaired) electrons. The lowest BCUT2D eigenvalue weighted by Crippen LogP contribution is -2.37. The third kappa shape index (κ3) is 7.16. The molecule has 0 aliphatic carbocycles. The zero-order valence-corrected chi connectivity index (χ0v) is 21.6. The van der Waals surface area contributed by atoms with E-state index in [1.54, 1.807) is 7.05 Å². The molecule has 7 nitrogen and oxygen atoms in total. The Morgan fingerprint density at radius 2 is 1.91 bits per heavy atom. The Labute approximate surface area is 205 Å². The van der Waals surface area contributed by atoms with E-state index in [-0.39, 0.29) is 36.3 Å². The summed E-state index contributed by atoms with van der Waals surface area (Å²) in [5.74, 6) is 1.02. The van der Waals surface area contributed by atoms with Crippen molar-refractivity contribution in [2.75, 3.05) is 19.8 Å². The molecule has 2 N–H and O–H groups in total. The zero-order chi connectivity index (χ0) is 22.4. The highest BCUT2D eigenvalue weighted by molar-refractivity contribution is 14.0. The summed E-state index contributed by atoms with van der Waals surface area (Å²) in [5, 5.41) is 6.38. The topological polar surface area (TPSA) is 88.4 Å². The maximum atomic E-state index is 13.7. The summed E-state index contributed by atoms with van der Waals surface area (Å²) in [7, 11) is -1.56. The van der Waals surface area contributed by atoms with Gasteiger partial charge in [0.25, 0.3) is 0 Å². The van der Waals surface area contributed by atoms with Crippen LogP contribution in [0.3, 0.4) is 0 Å². The molecule has 0 saturated heterocycles. The van der Waals surface area contributed by atoms with Gasteiger partial charge in [-0.2, -0.15) is 0 Å². The number of halogens is 2. The van der Waals surface area contributed by atoms with Gasteiger partial charge in [0.05, 0.1) is 16.8 Å². The van der Waals surface area contributed by atoms with Crippen LogP contribution in [0.15, 0.2) is 47.5 Å². The fourth-order valence-electron chi connectivity index (χ4n) is 3.50. The summed E-state index contributed by atoms with van der Waals surface area (Å²) in [6.45, 7) is 3.78. The first-order valence-corrected chi connectivity index (χ1v) is 12.1. The van der Waals surface area contributed by atoms with E-state index in [1.165, 1.54) is 24.5 Å². The van der Waals surface area contributed by atoms with Gasteiger partial charge in [-0.15, -0.1) is 24.0 Å². The molecular weight excluding hydrogens is 544 g/mol. The van der Waals surface area contributed by atoms with Crippen LogP contribution < -0.4 is 10.6 Å². The molecule has 0 spiro atoms. The maximum Gasteiger partial charge on any atom is 0.191 e. The quantitative estimate of drug-likeness (QED) is 0.187. The number of nitrogens with one attached hydrogen (secondary N) is 2. The van der Waals surface area contributed by atoms with E-state index in [9.17, 15) is 12.8 Å². The molecule has 1 heterocycles. The summed E-state index contributed by atoms with van der Waals surface area (Å²) in [5.41, 5.74) is 3.28. The van der Waals surface area contributed by atoms with E-state index >= 15 is 0 Å². The first kappa shape index (κ1) is 26.0. The molecule has 32 heavy (non-hydrogen) atoms. The van der Waals surface area contributed by atoms with Crippen molar-refractivity contribution >= 4 is 50.8 Å². The first-order chi connectivity index (χ1) is 14.8. The Morgan fingerprint density at radius 3 is 2.62 bits per heavy atom. The minimum atomic E-state index is -3.22. The number of aliphatic imine (C=N–C) groups is 1. The third-order valence-electron chi connectivity index (χ3n) is 4.95. The van der Waals surface area contributed by atoms with Crippen LogP contribution in [0.1, 0.15) is 23.4 Å². The van der Waals surface area contributed by atoms with E-state index in [1.807, 2.05) is 25.1 Å². The Bertz CT molecular complexity index is 1190. The maximum absolute atomic E-state index is 13.7. The smallest absolute Gasteiger partial charge is 0.191 e. The molecule has 0 aliphatic heterocycles. The van der Waals surface area contributed by atoms with E-state index < -0.39 is 15.7 Å². The van der Waals surface area contributed by atoms with Crippen molar-refractivity contribution in [3.05, 3.63) is 65.2 Å². The number of para-hydroxylation sites is 2. The molecule has 174 valence electrons. The first-order valence-electron chi connectivity index (χ1n) is 10.1. The van der Waals surface area contributed by atoms with Gasteiger partial charge in [-0.3, -0.25) is 4.99 Å². The van der Waals surface area contributed by atoms with Crippen molar-refractivity contribution in [3.63, 3.8) is 0 Å². The van der Waals surface area contributed by atoms with Gasteiger partial charge in [0.1, 0.15) is 11.6 Å². The molecule has 1 aromatic heterocycles. The normalized spacial score (nSPS) is 11.9. The highest BCUT2D eigenvalue weighted by Gasteiger charge is 2.11. The van der Waals surface area contributed by atoms with Crippen LogP contribution in [0.5, 0.6) is 0 Å². The number of hydrogen-bond donors (Lipinski definition) is 2. The van der Waals surface area contributed by atoms with Crippen molar-refractivity contribution in [3.8, 4) is 0 Å². The fraction of sp³-hybridized carbons (Fsp3) is 0.364. The molecule has 3 rings (SSSR count). The number of rotatable bonds is 8. The van der Waals surface area contributed by atoms with Gasteiger partial charge in [0.2, 0.25) is 0 Å². The summed E-state index contributed by atoms with van der Waals surface area (Å²) in [6, 6.07) is 12.2. The molecule has 0 aliphatic rings. The van der Waals surface area contributed by atoms with Gasteiger partial charge in [0, 0.05) is 32.9 Å². The van der Waals surface area contributed by atoms with E-state index in [0.717, 1.165) is 29.8 Å². The van der Waals surface area contributed by atoms with E-state index in [4.69, 9.17) is 0 Å². The predicted molar refractivity (Wildman–Crippen MR) is 138 cm³/mol. The summed E-state index contributed by atoms with van der Waals surface area (Å²) in [6.07, 6.45) is 2.03. The van der Waals surface area contributed by atoms with Crippen LogP contribution in [0.25, 0.3) is 11.0 Å². The van der Waals surface area contributed by atoms with Crippen molar-refractivity contribution in [2.24, 2.45) is 4.99 Å². The summed E-state index contributed by atoms with van der Waals surface area (Å²) < 4.78 is 39.2. The number of nitrogens with zero attached hydrogens (tertiary/aromatic N) is 3. The molecule has 0 amide bonds. The summed E-state index contributed by atoms with van der Waals surface area (Å²) in [4.78, 5) is 8.77. The number of guanidine groups is 1. The van der Waals surface area contributed by atoms with Crippen molar-refractivity contribution < 1.29 is 12.8 Å². The SMILES string of the molecule is CN=C(NCCCn1c(C)nc2ccccc21)NCc1cc(F)ccc1CS(C)(=O)=O.I. The van der Waals surface area contributed by atoms with Gasteiger partial charge in [0.15, 0.2) is 15.8 Å². The van der Waals surface area contributed by atoms with Gasteiger partial charge >= 0.3 is 0 Å². The van der Waals surface area contributed by atoms with Gasteiger partial charge in [-0.25, -0.2) is 17.8 Å². The monoisotopic (exact) mass is 573 g/mol. The van der Waals surface area contributed by atoms with Gasteiger partial charge in [-0.05, 0) is 48.7 Å². The van der Waals surface area contributed by atoms with Crippen LogP contribution in [-0.4, -0.2) is 43.8 Å². The lowest BCUT2D eigenvalue weighted by molar-refractivity contribution is 0.599. The molecule has 0 saturated carbocycles. The minimum Gasteiger partial charge on any atom is -0.356 e. The van der Waals surface area contributed by atoms with Gasteiger partial charge < -0.3 is 15.2 Å². The second-order valence-corrected chi connectivity index (χ2v) is 9.63. The molecule has 10 heteroatoms. The average Bonchev–Trinajstić information content (AvgIpc) is 3.03. The Balaban J connectivity index is 0.00000363. The molecular formula is C22H29FIN5O2S. The standard InChI is InChI=1S/C22H28FN5O2S.HI/c1-16-27-20-7-4-5-8-21(20)28(16)12-6-11-25-22(24-2)26-14-18-13-19(23)10-9-17(18)15-31(3,29)30;/h4-5,7-10,13H,6,11-12,14-15H2,1-3H3,(H2,24,25,26);1H. The second kappa shape index (κ2) is 11.6. The number of aryl methyl sites for hydroxylation is 2. The molecule has 0 atom stereocenters. The zero-order valence-electron chi connectivity index (χ0n) is 18.4. The molecule has 0 fully saturated rings. The Kier molecular flexibility index (Phi) is 9.44. The van der Waals surface area contributed by atoms with Crippen molar-refractivity contribution in [1.29, 1.82) is 0 Å². The molecule has 0 bridgehead atoms. The molecule has 3 aromatic rings. The number of hydrogen-bond acceptors (Lipinski definition) is 4. The highest BCUT2D eigenvalue weighted by Crippen LogP contribution is 2.16. The number of sulfone groups is 1. The molecule has 0 unspecified atom stereocenters. The lowest BCUT2D eigenvalue weighted by atomic mass is 10.1. The number of benzene rings is 2. The van der Waals surface area contributed by atoms with Crippen LogP contribution in [-0.2, 0) is 28.7 Å². The predicted octanol–water partition coefficient (Wildman–Crippen LogP) is 3.40. The second-order valence-electron chi connectivity index (χ2n) is 7.49. The van der Waals surface area contributed by atoms with Crippen LogP contribution >= 0.6 is 24.0 Å².